The smallest absolute Gasteiger partial charge is 0.318 e. The van der Waals surface area contributed by atoms with Gasteiger partial charge in [0.2, 0.25) is 0 Å². The van der Waals surface area contributed by atoms with Crippen molar-refractivity contribution in [2.75, 3.05) is 14.1 Å². The highest BCUT2D eigenvalue weighted by Gasteiger charge is 2.07. The number of benzene rings is 1. The summed E-state index contributed by atoms with van der Waals surface area (Å²) in [6.07, 6.45) is 2.52. The largest absolute Gasteiger partial charge is 0.459 e. The van der Waals surface area contributed by atoms with Gasteiger partial charge in [-0.25, -0.2) is 14.4 Å². The zero-order chi connectivity index (χ0) is 15.2. The number of aliphatic imine (C=N–C) groups is 1. The van der Waals surface area contributed by atoms with Gasteiger partial charge in [0, 0.05) is 14.1 Å². The highest BCUT2D eigenvalue weighted by molar-refractivity contribution is 5.59. The second kappa shape index (κ2) is 6.78. The molecule has 0 bridgehead atoms. The first-order valence-electron chi connectivity index (χ1n) is 6.46. The van der Waals surface area contributed by atoms with E-state index in [4.69, 9.17) is 4.74 Å². The molecule has 0 unspecified atom stereocenters. The molecule has 2 rings (SSSR count). The second-order valence-corrected chi connectivity index (χ2v) is 4.81. The molecule has 2 aromatic rings. The number of nitrogens with zero attached hydrogens (tertiary/aromatic N) is 4. The van der Waals surface area contributed by atoms with E-state index in [1.807, 2.05) is 31.2 Å². The Labute approximate surface area is 123 Å². The van der Waals surface area contributed by atoms with Crippen molar-refractivity contribution in [1.29, 1.82) is 0 Å². The molecule has 1 heterocycles. The van der Waals surface area contributed by atoms with E-state index in [0.717, 1.165) is 11.8 Å². The van der Waals surface area contributed by atoms with E-state index in [1.165, 1.54) is 11.9 Å². The highest BCUT2D eigenvalue weighted by atomic mass is 19.1. The number of aromatic nitrogens is 2. The van der Waals surface area contributed by atoms with Crippen LogP contribution in [0, 0.1) is 12.7 Å². The Morgan fingerprint density at radius 3 is 2.67 bits per heavy atom. The summed E-state index contributed by atoms with van der Waals surface area (Å²) in [5, 5.41) is 0. The number of halogens is 1. The van der Waals surface area contributed by atoms with Gasteiger partial charge < -0.3 is 9.64 Å². The third-order valence-corrected chi connectivity index (χ3v) is 2.60. The molecular formula is C15H17FN4O. The predicted octanol–water partition coefficient (Wildman–Crippen LogP) is 2.72. The summed E-state index contributed by atoms with van der Waals surface area (Å²) in [5.74, 6) is -0.631. The average Bonchev–Trinajstić information content (AvgIpc) is 2.46. The summed E-state index contributed by atoms with van der Waals surface area (Å²) in [4.78, 5) is 13.4. The average molecular weight is 288 g/mol. The van der Waals surface area contributed by atoms with Gasteiger partial charge >= 0.3 is 6.01 Å². The molecule has 5 nitrogen and oxygen atoms in total. The summed E-state index contributed by atoms with van der Waals surface area (Å²) >= 11 is 0. The Morgan fingerprint density at radius 2 is 2.00 bits per heavy atom. The van der Waals surface area contributed by atoms with Crippen LogP contribution in [0.25, 0.3) is 0 Å². The number of rotatable bonds is 5. The minimum absolute atomic E-state index is 0.0439. The molecule has 1 aromatic carbocycles. The van der Waals surface area contributed by atoms with Gasteiger partial charge in [0.05, 0.1) is 12.5 Å². The van der Waals surface area contributed by atoms with E-state index in [9.17, 15) is 4.39 Å². The lowest BCUT2D eigenvalue weighted by atomic mass is 10.2. The molecule has 0 radical (unpaired) electrons. The summed E-state index contributed by atoms with van der Waals surface area (Å²) in [6, 6.07) is 8.02. The van der Waals surface area contributed by atoms with E-state index in [-0.39, 0.29) is 11.8 Å². The standard InChI is InChI=1S/C15H17FN4O/c1-11-4-6-12(7-5-11)9-21-15-17-8-13(16)14(19-15)18-10-20(2)3/h4-8,10H,9H2,1-3H3. The Balaban J connectivity index is 2.06. The van der Waals surface area contributed by atoms with Crippen LogP contribution in [-0.4, -0.2) is 35.3 Å². The Kier molecular flexibility index (Phi) is 4.81. The van der Waals surface area contributed by atoms with Gasteiger partial charge in [0.15, 0.2) is 11.6 Å². The van der Waals surface area contributed by atoms with Crippen molar-refractivity contribution in [2.24, 2.45) is 4.99 Å². The SMILES string of the molecule is Cc1ccc(COc2ncc(F)c(N=CN(C)C)n2)cc1. The van der Waals surface area contributed by atoms with Crippen molar-refractivity contribution in [3.8, 4) is 6.01 Å². The third kappa shape index (κ3) is 4.52. The first kappa shape index (κ1) is 14.9. The lowest BCUT2D eigenvalue weighted by molar-refractivity contribution is 0.279. The minimum atomic E-state index is -0.587. The van der Waals surface area contributed by atoms with Crippen LogP contribution >= 0.6 is 0 Å². The fourth-order valence-electron chi connectivity index (χ4n) is 1.50. The van der Waals surface area contributed by atoms with E-state index >= 15 is 0 Å². The van der Waals surface area contributed by atoms with E-state index in [1.54, 1.807) is 19.0 Å². The van der Waals surface area contributed by atoms with Gasteiger partial charge in [0.25, 0.3) is 0 Å². The summed E-state index contributed by atoms with van der Waals surface area (Å²) < 4.78 is 19.0. The molecule has 0 aliphatic carbocycles. The Morgan fingerprint density at radius 1 is 1.29 bits per heavy atom. The van der Waals surface area contributed by atoms with E-state index < -0.39 is 5.82 Å². The summed E-state index contributed by atoms with van der Waals surface area (Å²) in [5.41, 5.74) is 2.17. The van der Waals surface area contributed by atoms with Crippen molar-refractivity contribution < 1.29 is 9.13 Å². The van der Waals surface area contributed by atoms with Gasteiger partial charge in [-0.2, -0.15) is 4.98 Å². The summed E-state index contributed by atoms with van der Waals surface area (Å²) in [7, 11) is 3.58. The maximum absolute atomic E-state index is 13.5. The van der Waals surface area contributed by atoms with Crippen LogP contribution in [0.3, 0.4) is 0 Å². The van der Waals surface area contributed by atoms with Crippen LogP contribution in [0.15, 0.2) is 35.5 Å². The van der Waals surface area contributed by atoms with Crippen molar-refractivity contribution in [3.05, 3.63) is 47.4 Å². The fourth-order valence-corrected chi connectivity index (χ4v) is 1.50. The van der Waals surface area contributed by atoms with Gasteiger partial charge in [0.1, 0.15) is 6.61 Å². The molecule has 0 saturated heterocycles. The van der Waals surface area contributed by atoms with Gasteiger partial charge in [-0.05, 0) is 12.5 Å². The van der Waals surface area contributed by atoms with E-state index in [0.29, 0.717) is 6.61 Å². The monoisotopic (exact) mass is 288 g/mol. The number of hydrogen-bond acceptors (Lipinski definition) is 4. The lowest BCUT2D eigenvalue weighted by Gasteiger charge is -2.06. The molecule has 0 amide bonds. The molecule has 0 N–H and O–H groups in total. The van der Waals surface area contributed by atoms with Crippen molar-refractivity contribution in [2.45, 2.75) is 13.5 Å². The molecule has 0 fully saturated rings. The van der Waals surface area contributed by atoms with Crippen LogP contribution < -0.4 is 4.74 Å². The molecule has 0 spiro atoms. The maximum atomic E-state index is 13.5. The predicted molar refractivity (Wildman–Crippen MR) is 79.3 cm³/mol. The normalized spacial score (nSPS) is 10.9. The van der Waals surface area contributed by atoms with Gasteiger partial charge in [-0.3, -0.25) is 0 Å². The molecule has 21 heavy (non-hydrogen) atoms. The zero-order valence-corrected chi connectivity index (χ0v) is 12.2. The quantitative estimate of drug-likeness (QED) is 0.627. The number of hydrogen-bond donors (Lipinski definition) is 0. The number of ether oxygens (including phenoxy) is 1. The van der Waals surface area contributed by atoms with Gasteiger partial charge in [-0.15, -0.1) is 0 Å². The van der Waals surface area contributed by atoms with Crippen LogP contribution in [-0.2, 0) is 6.61 Å². The third-order valence-electron chi connectivity index (χ3n) is 2.60. The Bertz CT molecular complexity index is 626. The van der Waals surface area contributed by atoms with Gasteiger partial charge in [-0.1, -0.05) is 29.8 Å². The van der Waals surface area contributed by atoms with Crippen LogP contribution in [0.4, 0.5) is 10.2 Å². The molecular weight excluding hydrogens is 271 g/mol. The van der Waals surface area contributed by atoms with Crippen LogP contribution in [0.2, 0.25) is 0 Å². The zero-order valence-electron chi connectivity index (χ0n) is 12.2. The van der Waals surface area contributed by atoms with Crippen LogP contribution in [0.5, 0.6) is 6.01 Å². The molecule has 6 heteroatoms. The molecule has 1 aromatic heterocycles. The second-order valence-electron chi connectivity index (χ2n) is 4.81. The van der Waals surface area contributed by atoms with Crippen molar-refractivity contribution in [1.82, 2.24) is 14.9 Å². The summed E-state index contributed by atoms with van der Waals surface area (Å²) in [6.45, 7) is 2.34. The van der Waals surface area contributed by atoms with Crippen molar-refractivity contribution >= 4 is 12.2 Å². The molecule has 0 aliphatic rings. The Hall–Kier alpha value is -2.50. The van der Waals surface area contributed by atoms with Crippen molar-refractivity contribution in [3.63, 3.8) is 0 Å². The first-order valence-corrected chi connectivity index (χ1v) is 6.46. The maximum Gasteiger partial charge on any atom is 0.318 e. The molecule has 0 aliphatic heterocycles. The topological polar surface area (TPSA) is 50.6 Å². The highest BCUT2D eigenvalue weighted by Crippen LogP contribution is 2.17. The minimum Gasteiger partial charge on any atom is -0.459 e. The van der Waals surface area contributed by atoms with E-state index in [2.05, 4.69) is 15.0 Å². The first-order chi connectivity index (χ1) is 10.0. The fraction of sp³-hybridized carbons (Fsp3) is 0.267. The molecule has 0 saturated carbocycles. The lowest BCUT2D eigenvalue weighted by Crippen LogP contribution is -2.07. The molecule has 110 valence electrons. The van der Waals surface area contributed by atoms with Crippen LogP contribution in [0.1, 0.15) is 11.1 Å². The number of aryl methyl sites for hydroxylation is 1. The molecule has 0 atom stereocenters.